The van der Waals surface area contributed by atoms with Gasteiger partial charge in [-0.15, -0.1) is 0 Å². The zero-order valence-electron chi connectivity index (χ0n) is 8.98. The number of hydrogen-bond donors (Lipinski definition) is 1. The van der Waals surface area contributed by atoms with Gasteiger partial charge in [-0.05, 0) is 36.1 Å². The maximum absolute atomic E-state index is 9.23. The zero-order chi connectivity index (χ0) is 10.7. The van der Waals surface area contributed by atoms with Crippen molar-refractivity contribution in [1.29, 1.82) is 0 Å². The molecule has 2 rings (SSSR count). The Hall–Kier alpha value is -1.34. The molecule has 0 aliphatic heterocycles. The highest BCUT2D eigenvalue weighted by molar-refractivity contribution is 5.82. The monoisotopic (exact) mass is 200 g/mol. The summed E-state index contributed by atoms with van der Waals surface area (Å²) in [4.78, 5) is 0. The molecule has 0 saturated carbocycles. The van der Waals surface area contributed by atoms with E-state index < -0.39 is 0 Å². The maximum Gasteiger partial charge on any atom is 0.0515 e. The summed E-state index contributed by atoms with van der Waals surface area (Å²) in [6, 6.07) is 14.8. The van der Waals surface area contributed by atoms with Crippen molar-refractivity contribution >= 4 is 10.8 Å². The van der Waals surface area contributed by atoms with Crippen molar-refractivity contribution in [2.24, 2.45) is 0 Å². The fourth-order valence-corrected chi connectivity index (χ4v) is 1.77. The minimum absolute atomic E-state index is 0.212. The van der Waals surface area contributed by atoms with Gasteiger partial charge < -0.3 is 5.11 Å². The number of fused-ring (bicyclic) bond motifs is 1. The Bertz CT molecular complexity index is 446. The van der Waals surface area contributed by atoms with Gasteiger partial charge in [-0.3, -0.25) is 0 Å². The lowest BCUT2D eigenvalue weighted by Crippen LogP contribution is -2.01. The molecule has 0 heterocycles. The van der Waals surface area contributed by atoms with E-state index in [1.165, 1.54) is 16.3 Å². The number of aryl methyl sites for hydroxylation is 1. The topological polar surface area (TPSA) is 20.2 Å². The van der Waals surface area contributed by atoms with E-state index in [9.17, 15) is 5.11 Å². The summed E-state index contributed by atoms with van der Waals surface area (Å²) in [5.41, 5.74) is 1.30. The van der Waals surface area contributed by atoms with Gasteiger partial charge in [-0.25, -0.2) is 0 Å². The van der Waals surface area contributed by atoms with Crippen molar-refractivity contribution in [3.63, 3.8) is 0 Å². The molecule has 0 bridgehead atoms. The van der Waals surface area contributed by atoms with Crippen LogP contribution < -0.4 is 0 Å². The highest BCUT2D eigenvalue weighted by Gasteiger charge is 1.99. The van der Waals surface area contributed by atoms with Gasteiger partial charge in [0, 0.05) is 0 Å². The molecule has 78 valence electrons. The number of rotatable bonds is 3. The summed E-state index contributed by atoms with van der Waals surface area (Å²) < 4.78 is 0. The Morgan fingerprint density at radius 1 is 1.07 bits per heavy atom. The van der Waals surface area contributed by atoms with Crippen molar-refractivity contribution in [3.8, 4) is 0 Å². The first-order valence-corrected chi connectivity index (χ1v) is 5.41. The molecule has 0 saturated heterocycles. The first-order chi connectivity index (χ1) is 7.25. The second kappa shape index (κ2) is 4.45. The molecule has 1 N–H and O–H groups in total. The summed E-state index contributed by atoms with van der Waals surface area (Å²) in [6.07, 6.45) is 1.57. The quantitative estimate of drug-likeness (QED) is 0.807. The van der Waals surface area contributed by atoms with Crippen molar-refractivity contribution in [2.75, 3.05) is 0 Å². The predicted octanol–water partition coefficient (Wildman–Crippen LogP) is 3.15. The SMILES string of the molecule is CC(O)CCc1ccc2ccccc2c1. The third kappa shape index (κ3) is 2.57. The van der Waals surface area contributed by atoms with E-state index in [-0.39, 0.29) is 6.10 Å². The lowest BCUT2D eigenvalue weighted by atomic mass is 10.0. The molecule has 1 heteroatoms. The zero-order valence-corrected chi connectivity index (χ0v) is 8.98. The Kier molecular flexibility index (Phi) is 3.02. The summed E-state index contributed by atoms with van der Waals surface area (Å²) in [7, 11) is 0. The standard InChI is InChI=1S/C14H16O/c1-11(15)6-7-12-8-9-13-4-2-3-5-14(13)10-12/h2-5,8-11,15H,6-7H2,1H3. The van der Waals surface area contributed by atoms with Gasteiger partial charge in [-0.2, -0.15) is 0 Å². The second-order valence-electron chi connectivity index (χ2n) is 4.07. The Morgan fingerprint density at radius 2 is 1.80 bits per heavy atom. The van der Waals surface area contributed by atoms with Crippen LogP contribution in [0.3, 0.4) is 0 Å². The van der Waals surface area contributed by atoms with E-state index in [4.69, 9.17) is 0 Å². The molecule has 2 aromatic rings. The van der Waals surface area contributed by atoms with Crippen LogP contribution >= 0.6 is 0 Å². The molecule has 1 nitrogen and oxygen atoms in total. The number of benzene rings is 2. The van der Waals surface area contributed by atoms with Crippen LogP contribution in [0.4, 0.5) is 0 Å². The average molecular weight is 200 g/mol. The van der Waals surface area contributed by atoms with Gasteiger partial charge in [0.25, 0.3) is 0 Å². The van der Waals surface area contributed by atoms with Crippen LogP contribution in [0.15, 0.2) is 42.5 Å². The van der Waals surface area contributed by atoms with E-state index in [1.807, 2.05) is 6.92 Å². The fourth-order valence-electron chi connectivity index (χ4n) is 1.77. The normalized spacial score (nSPS) is 12.9. The molecule has 0 aliphatic rings. The molecule has 0 spiro atoms. The molecule has 1 atom stereocenters. The molecule has 15 heavy (non-hydrogen) atoms. The second-order valence-corrected chi connectivity index (χ2v) is 4.07. The van der Waals surface area contributed by atoms with E-state index in [0.29, 0.717) is 0 Å². The molecule has 1 unspecified atom stereocenters. The maximum atomic E-state index is 9.23. The fraction of sp³-hybridized carbons (Fsp3) is 0.286. The van der Waals surface area contributed by atoms with Gasteiger partial charge in [0.2, 0.25) is 0 Å². The van der Waals surface area contributed by atoms with Crippen LogP contribution in [0.2, 0.25) is 0 Å². The minimum atomic E-state index is -0.212. The van der Waals surface area contributed by atoms with Crippen molar-refractivity contribution in [1.82, 2.24) is 0 Å². The lowest BCUT2D eigenvalue weighted by Gasteiger charge is -2.05. The Balaban J connectivity index is 2.23. The van der Waals surface area contributed by atoms with Gasteiger partial charge in [0.05, 0.1) is 6.10 Å². The third-order valence-electron chi connectivity index (χ3n) is 2.66. The number of aliphatic hydroxyl groups excluding tert-OH is 1. The lowest BCUT2D eigenvalue weighted by molar-refractivity contribution is 0.185. The third-order valence-corrected chi connectivity index (χ3v) is 2.66. The smallest absolute Gasteiger partial charge is 0.0515 e. The summed E-state index contributed by atoms with van der Waals surface area (Å²) in [5, 5.41) is 11.8. The van der Waals surface area contributed by atoms with E-state index in [1.54, 1.807) is 0 Å². The molecule has 0 aliphatic carbocycles. The molecular weight excluding hydrogens is 184 g/mol. The number of aliphatic hydroxyl groups is 1. The minimum Gasteiger partial charge on any atom is -0.393 e. The molecule has 0 amide bonds. The highest BCUT2D eigenvalue weighted by atomic mass is 16.3. The van der Waals surface area contributed by atoms with Crippen molar-refractivity contribution in [3.05, 3.63) is 48.0 Å². The molecule has 0 fully saturated rings. The van der Waals surface area contributed by atoms with Gasteiger partial charge in [-0.1, -0.05) is 42.5 Å². The number of hydrogen-bond acceptors (Lipinski definition) is 1. The highest BCUT2D eigenvalue weighted by Crippen LogP contribution is 2.16. The van der Waals surface area contributed by atoms with Gasteiger partial charge >= 0.3 is 0 Å². The van der Waals surface area contributed by atoms with E-state index >= 15 is 0 Å². The van der Waals surface area contributed by atoms with E-state index in [0.717, 1.165) is 12.8 Å². The average Bonchev–Trinajstić information content (AvgIpc) is 2.26. The van der Waals surface area contributed by atoms with Crippen molar-refractivity contribution in [2.45, 2.75) is 25.9 Å². The summed E-state index contributed by atoms with van der Waals surface area (Å²) >= 11 is 0. The predicted molar refractivity (Wildman–Crippen MR) is 63.9 cm³/mol. The first-order valence-electron chi connectivity index (χ1n) is 5.41. The summed E-state index contributed by atoms with van der Waals surface area (Å²) in [6.45, 7) is 1.83. The molecule has 2 aromatic carbocycles. The van der Waals surface area contributed by atoms with Crippen LogP contribution in [0, 0.1) is 0 Å². The molecule has 0 aromatic heterocycles. The Morgan fingerprint density at radius 3 is 2.53 bits per heavy atom. The van der Waals surface area contributed by atoms with Crippen LogP contribution in [0.1, 0.15) is 18.9 Å². The van der Waals surface area contributed by atoms with E-state index in [2.05, 4.69) is 42.5 Å². The summed E-state index contributed by atoms with van der Waals surface area (Å²) in [5.74, 6) is 0. The van der Waals surface area contributed by atoms with Crippen LogP contribution in [0.5, 0.6) is 0 Å². The van der Waals surface area contributed by atoms with Crippen LogP contribution in [-0.2, 0) is 6.42 Å². The van der Waals surface area contributed by atoms with Gasteiger partial charge in [0.15, 0.2) is 0 Å². The Labute approximate surface area is 90.4 Å². The molecular formula is C14H16O. The van der Waals surface area contributed by atoms with Gasteiger partial charge in [0.1, 0.15) is 0 Å². The van der Waals surface area contributed by atoms with Crippen molar-refractivity contribution < 1.29 is 5.11 Å². The molecule has 0 radical (unpaired) electrons. The van der Waals surface area contributed by atoms with Crippen LogP contribution in [-0.4, -0.2) is 11.2 Å². The van der Waals surface area contributed by atoms with Crippen LogP contribution in [0.25, 0.3) is 10.8 Å². The first kappa shape index (κ1) is 10.2. The largest absolute Gasteiger partial charge is 0.393 e.